The average molecular weight is 269 g/mol. The lowest BCUT2D eigenvalue weighted by Crippen LogP contribution is -2.46. The van der Waals surface area contributed by atoms with Crippen LogP contribution in [0, 0.1) is 5.92 Å². The highest BCUT2D eigenvalue weighted by Crippen LogP contribution is 2.29. The van der Waals surface area contributed by atoms with Gasteiger partial charge in [0.05, 0.1) is 7.11 Å². The van der Waals surface area contributed by atoms with Crippen LogP contribution in [0.25, 0.3) is 0 Å². The molecule has 1 aliphatic heterocycles. The van der Waals surface area contributed by atoms with Crippen molar-refractivity contribution in [1.29, 1.82) is 0 Å². The molecule has 1 amide bonds. The number of ether oxygens (including phenoxy) is 2. The van der Waals surface area contributed by atoms with Crippen molar-refractivity contribution in [2.75, 3.05) is 13.7 Å². The van der Waals surface area contributed by atoms with Crippen LogP contribution in [0.2, 0.25) is 0 Å². The lowest BCUT2D eigenvalue weighted by atomic mass is 9.97. The number of hydrogen-bond donors (Lipinski definition) is 0. The van der Waals surface area contributed by atoms with Gasteiger partial charge in [-0.25, -0.2) is 9.59 Å². The first kappa shape index (κ1) is 15.5. The molecular weight excluding hydrogens is 246 g/mol. The van der Waals surface area contributed by atoms with E-state index in [0.717, 1.165) is 6.42 Å². The Bertz CT molecular complexity index is 359. The van der Waals surface area contributed by atoms with E-state index >= 15 is 0 Å². The van der Waals surface area contributed by atoms with Gasteiger partial charge >= 0.3 is 12.1 Å². The third-order valence-corrected chi connectivity index (χ3v) is 3.06. The molecular formula is C14H23NO4. The van der Waals surface area contributed by atoms with Gasteiger partial charge in [0.15, 0.2) is 0 Å². The number of nitrogens with zero attached hydrogens (tertiary/aromatic N) is 1. The zero-order valence-electron chi connectivity index (χ0n) is 12.1. The van der Waals surface area contributed by atoms with Crippen LogP contribution in [-0.4, -0.2) is 42.3 Å². The van der Waals surface area contributed by atoms with Crippen LogP contribution in [0.4, 0.5) is 4.79 Å². The fourth-order valence-corrected chi connectivity index (χ4v) is 2.28. The zero-order valence-corrected chi connectivity index (χ0v) is 12.1. The second kappa shape index (κ2) is 6.08. The second-order valence-electron chi connectivity index (χ2n) is 5.71. The minimum atomic E-state index is -0.575. The van der Waals surface area contributed by atoms with E-state index in [2.05, 4.69) is 6.58 Å². The van der Waals surface area contributed by atoms with Gasteiger partial charge in [-0.3, -0.25) is 4.90 Å². The quantitative estimate of drug-likeness (QED) is 0.583. The SMILES string of the molecule is C=CC[C@H]1CCN(C(=O)OC(C)(C)C)[C@H]1C(=O)OC. The van der Waals surface area contributed by atoms with Crippen molar-refractivity contribution in [2.24, 2.45) is 5.92 Å². The van der Waals surface area contributed by atoms with Gasteiger partial charge in [-0.1, -0.05) is 6.08 Å². The number of amides is 1. The van der Waals surface area contributed by atoms with Gasteiger partial charge in [0.2, 0.25) is 0 Å². The molecule has 1 aliphatic rings. The van der Waals surface area contributed by atoms with E-state index in [1.807, 2.05) is 0 Å². The van der Waals surface area contributed by atoms with E-state index in [1.54, 1.807) is 26.8 Å². The second-order valence-corrected chi connectivity index (χ2v) is 5.71. The fraction of sp³-hybridized carbons (Fsp3) is 0.714. The van der Waals surface area contributed by atoms with E-state index in [9.17, 15) is 9.59 Å². The summed E-state index contributed by atoms with van der Waals surface area (Å²) in [6.45, 7) is 9.60. The van der Waals surface area contributed by atoms with E-state index < -0.39 is 23.7 Å². The Morgan fingerprint density at radius 1 is 1.42 bits per heavy atom. The van der Waals surface area contributed by atoms with Crippen LogP contribution in [0.15, 0.2) is 12.7 Å². The van der Waals surface area contributed by atoms with Gasteiger partial charge in [0, 0.05) is 6.54 Å². The Morgan fingerprint density at radius 2 is 2.05 bits per heavy atom. The summed E-state index contributed by atoms with van der Waals surface area (Å²) >= 11 is 0. The first-order chi connectivity index (χ1) is 8.80. The van der Waals surface area contributed by atoms with Crippen molar-refractivity contribution in [3.63, 3.8) is 0 Å². The summed E-state index contributed by atoms with van der Waals surface area (Å²) in [6, 6.07) is -0.571. The maximum absolute atomic E-state index is 12.1. The van der Waals surface area contributed by atoms with Crippen LogP contribution in [0.3, 0.4) is 0 Å². The van der Waals surface area contributed by atoms with Crippen molar-refractivity contribution >= 4 is 12.1 Å². The molecule has 5 heteroatoms. The van der Waals surface area contributed by atoms with Crippen LogP contribution < -0.4 is 0 Å². The van der Waals surface area contributed by atoms with Crippen molar-refractivity contribution in [1.82, 2.24) is 4.90 Å². The van der Waals surface area contributed by atoms with Crippen molar-refractivity contribution in [2.45, 2.75) is 45.3 Å². The molecule has 1 fully saturated rings. The number of allylic oxidation sites excluding steroid dienone is 1. The van der Waals surface area contributed by atoms with Crippen LogP contribution in [0.5, 0.6) is 0 Å². The summed E-state index contributed by atoms with van der Waals surface area (Å²) in [6.07, 6.45) is 2.73. The number of rotatable bonds is 3. The fourth-order valence-electron chi connectivity index (χ4n) is 2.28. The molecule has 0 N–H and O–H groups in total. The van der Waals surface area contributed by atoms with Gasteiger partial charge in [-0.2, -0.15) is 0 Å². The molecule has 0 bridgehead atoms. The average Bonchev–Trinajstić information content (AvgIpc) is 2.70. The highest BCUT2D eigenvalue weighted by Gasteiger charge is 2.43. The predicted molar refractivity (Wildman–Crippen MR) is 71.7 cm³/mol. The Hall–Kier alpha value is -1.52. The number of likely N-dealkylation sites (tertiary alicyclic amines) is 1. The molecule has 19 heavy (non-hydrogen) atoms. The summed E-state index contributed by atoms with van der Waals surface area (Å²) < 4.78 is 10.1. The molecule has 0 unspecified atom stereocenters. The number of carbonyl (C=O) groups excluding carboxylic acids is 2. The van der Waals surface area contributed by atoms with Crippen LogP contribution in [0.1, 0.15) is 33.6 Å². The molecule has 0 spiro atoms. The number of carbonyl (C=O) groups is 2. The molecule has 0 aliphatic carbocycles. The summed E-state index contributed by atoms with van der Waals surface area (Å²) in [7, 11) is 1.33. The Balaban J connectivity index is 2.84. The third-order valence-electron chi connectivity index (χ3n) is 3.06. The lowest BCUT2D eigenvalue weighted by Gasteiger charge is -2.28. The van der Waals surface area contributed by atoms with Gasteiger partial charge < -0.3 is 9.47 Å². The summed E-state index contributed by atoms with van der Waals surface area (Å²) in [5, 5.41) is 0. The number of hydrogen-bond acceptors (Lipinski definition) is 4. The minimum absolute atomic E-state index is 0.0532. The van der Waals surface area contributed by atoms with E-state index in [-0.39, 0.29) is 5.92 Å². The molecule has 0 saturated carbocycles. The molecule has 1 rings (SSSR count). The van der Waals surface area contributed by atoms with Gasteiger partial charge in [-0.15, -0.1) is 6.58 Å². The van der Waals surface area contributed by atoms with Gasteiger partial charge in [0.1, 0.15) is 11.6 Å². The predicted octanol–water partition coefficient (Wildman–Crippen LogP) is 2.36. The third kappa shape index (κ3) is 3.98. The van der Waals surface area contributed by atoms with Crippen molar-refractivity contribution in [3.8, 4) is 0 Å². The van der Waals surface area contributed by atoms with Crippen LogP contribution in [-0.2, 0) is 14.3 Å². The molecule has 2 atom stereocenters. The molecule has 5 nitrogen and oxygen atoms in total. The Morgan fingerprint density at radius 3 is 2.53 bits per heavy atom. The summed E-state index contributed by atoms with van der Waals surface area (Å²) in [5.41, 5.74) is -0.575. The molecule has 108 valence electrons. The lowest BCUT2D eigenvalue weighted by molar-refractivity contribution is -0.147. The summed E-state index contributed by atoms with van der Waals surface area (Å²) in [4.78, 5) is 25.4. The van der Waals surface area contributed by atoms with Gasteiger partial charge in [-0.05, 0) is 39.5 Å². The molecule has 0 aromatic heterocycles. The molecule has 0 aromatic rings. The molecule has 1 saturated heterocycles. The first-order valence-electron chi connectivity index (χ1n) is 6.48. The smallest absolute Gasteiger partial charge is 0.411 e. The molecule has 1 heterocycles. The maximum Gasteiger partial charge on any atom is 0.411 e. The Kier molecular flexibility index (Phi) is 4.97. The normalized spacial score (nSPS) is 23.1. The molecule has 0 radical (unpaired) electrons. The van der Waals surface area contributed by atoms with Crippen molar-refractivity contribution < 1.29 is 19.1 Å². The summed E-state index contributed by atoms with van der Waals surface area (Å²) in [5.74, 6) is -0.340. The highest BCUT2D eigenvalue weighted by molar-refractivity contribution is 5.82. The maximum atomic E-state index is 12.1. The number of methoxy groups -OCH3 is 1. The van der Waals surface area contributed by atoms with E-state index in [0.29, 0.717) is 13.0 Å². The van der Waals surface area contributed by atoms with Gasteiger partial charge in [0.25, 0.3) is 0 Å². The molecule has 0 aromatic carbocycles. The van der Waals surface area contributed by atoms with E-state index in [1.165, 1.54) is 12.0 Å². The topological polar surface area (TPSA) is 55.8 Å². The number of esters is 1. The monoisotopic (exact) mass is 269 g/mol. The minimum Gasteiger partial charge on any atom is -0.467 e. The van der Waals surface area contributed by atoms with E-state index in [4.69, 9.17) is 9.47 Å². The largest absolute Gasteiger partial charge is 0.467 e. The zero-order chi connectivity index (χ0) is 14.6. The van der Waals surface area contributed by atoms with Crippen LogP contribution >= 0.6 is 0 Å². The van der Waals surface area contributed by atoms with Crippen molar-refractivity contribution in [3.05, 3.63) is 12.7 Å². The first-order valence-corrected chi connectivity index (χ1v) is 6.48. The Labute approximate surface area is 114 Å². The highest BCUT2D eigenvalue weighted by atomic mass is 16.6. The standard InChI is InChI=1S/C14H23NO4/c1-6-7-10-8-9-15(11(10)12(16)18-5)13(17)19-14(2,3)4/h6,10-11H,1,7-9H2,2-5H3/t10-,11+/m0/s1.